The van der Waals surface area contributed by atoms with Crippen LogP contribution in [0.3, 0.4) is 0 Å². The van der Waals surface area contributed by atoms with Gasteiger partial charge in [-0.25, -0.2) is 8.42 Å². The molecule has 2 aliphatic heterocycles. The first kappa shape index (κ1) is 18.5. The molecule has 2 fully saturated rings. The van der Waals surface area contributed by atoms with Crippen LogP contribution in [-0.2, 0) is 10.0 Å². The van der Waals surface area contributed by atoms with E-state index in [4.69, 9.17) is 11.6 Å². The molecule has 2 heterocycles. The van der Waals surface area contributed by atoms with Crippen LogP contribution in [0.25, 0.3) is 0 Å². The minimum absolute atomic E-state index is 0. The molecule has 2 atom stereocenters. The Bertz CT molecular complexity index is 624. The summed E-state index contributed by atoms with van der Waals surface area (Å²) in [6, 6.07) is 5.98. The van der Waals surface area contributed by atoms with E-state index < -0.39 is 10.0 Å². The molecule has 0 aliphatic carbocycles. The van der Waals surface area contributed by atoms with E-state index in [1.54, 1.807) is 25.2 Å². The van der Waals surface area contributed by atoms with Crippen molar-refractivity contribution in [3.63, 3.8) is 0 Å². The van der Waals surface area contributed by atoms with E-state index in [1.165, 1.54) is 4.31 Å². The lowest BCUT2D eigenvalue weighted by Crippen LogP contribution is -2.48. The Morgan fingerprint density at radius 1 is 1.27 bits per heavy atom. The molecular weight excluding hydrogens is 411 g/mol. The first-order chi connectivity index (χ1) is 9.89. The predicted molar refractivity (Wildman–Crippen MR) is 94.3 cm³/mol. The van der Waals surface area contributed by atoms with Crippen molar-refractivity contribution in [2.24, 2.45) is 0 Å². The van der Waals surface area contributed by atoms with E-state index in [0.29, 0.717) is 16.6 Å². The number of hydrogen-bond acceptors (Lipinski definition) is 3. The summed E-state index contributed by atoms with van der Waals surface area (Å²) in [5, 5.41) is 3.79. The summed E-state index contributed by atoms with van der Waals surface area (Å²) in [5.41, 5.74) is 0. The second-order valence-electron chi connectivity index (χ2n) is 5.84. The number of nitrogens with zero attached hydrogens (tertiary/aromatic N) is 1. The summed E-state index contributed by atoms with van der Waals surface area (Å²) in [6.45, 7) is 0. The Labute approximate surface area is 151 Å². The van der Waals surface area contributed by atoms with Gasteiger partial charge in [-0.1, -0.05) is 17.7 Å². The standard InChI is InChI=1S/C14H18BrClN2O2S.ClH/c1-18(11-7-9-5-6-10(8-11)17-9)21(19,20)14-12(15)3-2-4-13(14)16;/h2-4,9-11,17H,5-8H2,1H3;1H. The number of rotatable bonds is 3. The molecule has 2 bridgehead atoms. The van der Waals surface area contributed by atoms with E-state index >= 15 is 0 Å². The van der Waals surface area contributed by atoms with E-state index in [9.17, 15) is 8.42 Å². The molecule has 0 aromatic heterocycles. The summed E-state index contributed by atoms with van der Waals surface area (Å²) in [6.07, 6.45) is 4.03. The maximum absolute atomic E-state index is 12.9. The summed E-state index contributed by atoms with van der Waals surface area (Å²) in [5.74, 6) is 0. The Morgan fingerprint density at radius 3 is 2.41 bits per heavy atom. The summed E-state index contributed by atoms with van der Waals surface area (Å²) in [4.78, 5) is 0.167. The van der Waals surface area contributed by atoms with Crippen molar-refractivity contribution in [3.05, 3.63) is 27.7 Å². The number of nitrogens with one attached hydrogen (secondary N) is 1. The fourth-order valence-electron chi connectivity index (χ4n) is 3.39. The van der Waals surface area contributed by atoms with Crippen LogP contribution in [0.5, 0.6) is 0 Å². The van der Waals surface area contributed by atoms with Crippen molar-refractivity contribution >= 4 is 50.0 Å². The van der Waals surface area contributed by atoms with Crippen LogP contribution in [-0.4, -0.2) is 37.9 Å². The lowest BCUT2D eigenvalue weighted by atomic mass is 10.0. The molecule has 1 aromatic carbocycles. The molecule has 2 unspecified atom stereocenters. The van der Waals surface area contributed by atoms with E-state index in [1.807, 2.05) is 0 Å². The summed E-state index contributed by atoms with van der Waals surface area (Å²) in [7, 11) is -1.93. The summed E-state index contributed by atoms with van der Waals surface area (Å²) < 4.78 is 27.8. The van der Waals surface area contributed by atoms with E-state index in [0.717, 1.165) is 25.7 Å². The average Bonchev–Trinajstić information content (AvgIpc) is 2.76. The zero-order valence-electron chi connectivity index (χ0n) is 12.1. The van der Waals surface area contributed by atoms with Crippen molar-refractivity contribution in [2.45, 2.75) is 48.7 Å². The molecule has 1 N–H and O–H groups in total. The second kappa shape index (κ2) is 6.95. The fraction of sp³-hybridized carbons (Fsp3) is 0.571. The Morgan fingerprint density at radius 2 is 1.86 bits per heavy atom. The van der Waals surface area contributed by atoms with Gasteiger partial charge in [-0.3, -0.25) is 0 Å². The van der Waals surface area contributed by atoms with Gasteiger partial charge in [-0.15, -0.1) is 12.4 Å². The van der Waals surface area contributed by atoms with Gasteiger partial charge in [0.25, 0.3) is 0 Å². The molecule has 0 saturated carbocycles. The predicted octanol–water partition coefficient (Wildman–Crippen LogP) is 3.43. The number of piperidine rings is 1. The molecule has 0 spiro atoms. The maximum Gasteiger partial charge on any atom is 0.245 e. The molecule has 4 nitrogen and oxygen atoms in total. The number of fused-ring (bicyclic) bond motifs is 2. The third-order valence-corrected chi connectivity index (χ3v) is 7.88. The van der Waals surface area contributed by atoms with Gasteiger partial charge in [0.15, 0.2) is 0 Å². The van der Waals surface area contributed by atoms with Crippen LogP contribution in [0.4, 0.5) is 0 Å². The van der Waals surface area contributed by atoms with Gasteiger partial charge in [0, 0.05) is 29.6 Å². The molecule has 0 radical (unpaired) electrons. The Hall–Kier alpha value is 0.150. The number of sulfonamides is 1. The molecular formula is C14H19BrCl2N2O2S. The zero-order valence-corrected chi connectivity index (χ0v) is 16.1. The monoisotopic (exact) mass is 428 g/mol. The zero-order chi connectivity index (χ0) is 15.2. The van der Waals surface area contributed by atoms with Gasteiger partial charge in [0.2, 0.25) is 10.0 Å². The van der Waals surface area contributed by atoms with Crippen molar-refractivity contribution in [1.29, 1.82) is 0 Å². The SMILES string of the molecule is CN(C1CC2CCC(C1)N2)S(=O)(=O)c1c(Cl)cccc1Br.Cl. The van der Waals surface area contributed by atoms with E-state index in [-0.39, 0.29) is 28.4 Å². The van der Waals surface area contributed by atoms with Gasteiger partial charge >= 0.3 is 0 Å². The third kappa shape index (κ3) is 3.32. The van der Waals surface area contributed by atoms with Crippen LogP contribution in [0, 0.1) is 0 Å². The fourth-order valence-corrected chi connectivity index (χ4v) is 6.44. The lowest BCUT2D eigenvalue weighted by Gasteiger charge is -2.35. The molecule has 1 aromatic rings. The van der Waals surface area contributed by atoms with Crippen molar-refractivity contribution in [1.82, 2.24) is 9.62 Å². The van der Waals surface area contributed by atoms with Gasteiger partial charge in [0.1, 0.15) is 4.90 Å². The minimum Gasteiger partial charge on any atom is -0.311 e. The first-order valence-corrected chi connectivity index (χ1v) is 9.69. The highest BCUT2D eigenvalue weighted by Crippen LogP contribution is 2.35. The molecule has 2 aliphatic rings. The molecule has 3 rings (SSSR count). The average molecular weight is 430 g/mol. The Balaban J connectivity index is 0.00000176. The van der Waals surface area contributed by atoms with Crippen LogP contribution < -0.4 is 5.32 Å². The molecule has 8 heteroatoms. The van der Waals surface area contributed by atoms with Crippen LogP contribution in [0.2, 0.25) is 5.02 Å². The van der Waals surface area contributed by atoms with Crippen LogP contribution >= 0.6 is 39.9 Å². The van der Waals surface area contributed by atoms with Crippen molar-refractivity contribution < 1.29 is 8.42 Å². The third-order valence-electron chi connectivity index (χ3n) is 4.52. The lowest BCUT2D eigenvalue weighted by molar-refractivity contribution is 0.251. The van der Waals surface area contributed by atoms with Crippen molar-refractivity contribution in [2.75, 3.05) is 7.05 Å². The van der Waals surface area contributed by atoms with E-state index in [2.05, 4.69) is 21.2 Å². The smallest absolute Gasteiger partial charge is 0.245 e. The first-order valence-electron chi connectivity index (χ1n) is 7.07. The highest BCUT2D eigenvalue weighted by atomic mass is 79.9. The highest BCUT2D eigenvalue weighted by Gasteiger charge is 2.39. The van der Waals surface area contributed by atoms with Crippen LogP contribution in [0.1, 0.15) is 25.7 Å². The number of benzene rings is 1. The Kier molecular flexibility index (Phi) is 5.84. The minimum atomic E-state index is -3.59. The number of hydrogen-bond donors (Lipinski definition) is 1. The molecule has 124 valence electrons. The largest absolute Gasteiger partial charge is 0.311 e. The van der Waals surface area contributed by atoms with Gasteiger partial charge in [0.05, 0.1) is 5.02 Å². The molecule has 0 amide bonds. The second-order valence-corrected chi connectivity index (χ2v) is 9.03. The van der Waals surface area contributed by atoms with Crippen molar-refractivity contribution in [3.8, 4) is 0 Å². The quantitative estimate of drug-likeness (QED) is 0.800. The number of halogens is 3. The topological polar surface area (TPSA) is 49.4 Å². The highest BCUT2D eigenvalue weighted by molar-refractivity contribution is 9.10. The molecule has 2 saturated heterocycles. The summed E-state index contributed by atoms with van der Waals surface area (Å²) >= 11 is 9.43. The van der Waals surface area contributed by atoms with Crippen LogP contribution in [0.15, 0.2) is 27.6 Å². The van der Waals surface area contributed by atoms with Gasteiger partial charge < -0.3 is 5.32 Å². The van der Waals surface area contributed by atoms with Gasteiger partial charge in [-0.05, 0) is 53.7 Å². The normalized spacial score (nSPS) is 27.7. The van der Waals surface area contributed by atoms with Gasteiger partial charge in [-0.2, -0.15) is 4.31 Å². The molecule has 22 heavy (non-hydrogen) atoms. The maximum atomic E-state index is 12.9.